The summed E-state index contributed by atoms with van der Waals surface area (Å²) in [6.45, 7) is 3.57. The van der Waals surface area contributed by atoms with Gasteiger partial charge in [-0.05, 0) is 62.9 Å². The maximum absolute atomic E-state index is 12.9. The monoisotopic (exact) mass is 359 g/mol. The lowest BCUT2D eigenvalue weighted by Crippen LogP contribution is -2.46. The van der Waals surface area contributed by atoms with Gasteiger partial charge >= 0.3 is 0 Å². The predicted molar refractivity (Wildman–Crippen MR) is 95.2 cm³/mol. The van der Waals surface area contributed by atoms with Crippen LogP contribution in [0, 0.1) is 5.92 Å². The van der Waals surface area contributed by atoms with Crippen molar-refractivity contribution in [2.24, 2.45) is 5.92 Å². The van der Waals surface area contributed by atoms with Gasteiger partial charge in [0.1, 0.15) is 6.04 Å². The van der Waals surface area contributed by atoms with Crippen molar-refractivity contribution in [3.05, 3.63) is 23.8 Å². The lowest BCUT2D eigenvalue weighted by Gasteiger charge is -2.24. The first-order chi connectivity index (χ1) is 12.7. The van der Waals surface area contributed by atoms with E-state index in [0.717, 1.165) is 25.9 Å². The summed E-state index contributed by atoms with van der Waals surface area (Å²) in [6.07, 6.45) is 3.73. The van der Waals surface area contributed by atoms with Crippen molar-refractivity contribution in [3.8, 4) is 11.5 Å². The van der Waals surface area contributed by atoms with Crippen LogP contribution in [0.2, 0.25) is 0 Å². The minimum Gasteiger partial charge on any atom is -0.454 e. The molecule has 0 saturated carbocycles. The minimum absolute atomic E-state index is 0.0393. The molecule has 0 spiro atoms. The zero-order valence-electron chi connectivity index (χ0n) is 14.8. The van der Waals surface area contributed by atoms with E-state index >= 15 is 0 Å². The molecular weight excluding hydrogens is 334 g/mol. The number of nitrogens with one attached hydrogen (secondary N) is 2. The summed E-state index contributed by atoms with van der Waals surface area (Å²) in [5.74, 6) is 1.72. The van der Waals surface area contributed by atoms with Crippen molar-refractivity contribution in [1.29, 1.82) is 0 Å². The van der Waals surface area contributed by atoms with E-state index in [1.165, 1.54) is 6.42 Å². The van der Waals surface area contributed by atoms with Crippen LogP contribution in [0.15, 0.2) is 18.2 Å². The number of amides is 2. The van der Waals surface area contributed by atoms with E-state index < -0.39 is 0 Å². The van der Waals surface area contributed by atoms with Gasteiger partial charge < -0.3 is 25.0 Å². The summed E-state index contributed by atoms with van der Waals surface area (Å²) >= 11 is 0. The summed E-state index contributed by atoms with van der Waals surface area (Å²) in [5.41, 5.74) is 0.533. The van der Waals surface area contributed by atoms with Gasteiger partial charge in [-0.25, -0.2) is 0 Å². The molecule has 2 saturated heterocycles. The molecule has 2 fully saturated rings. The summed E-state index contributed by atoms with van der Waals surface area (Å²) in [6, 6.07) is 4.80. The Labute approximate surface area is 153 Å². The zero-order valence-corrected chi connectivity index (χ0v) is 14.8. The number of hydrogen-bond acceptors (Lipinski definition) is 5. The van der Waals surface area contributed by atoms with Crippen LogP contribution >= 0.6 is 0 Å². The van der Waals surface area contributed by atoms with Gasteiger partial charge in [0, 0.05) is 18.7 Å². The SMILES string of the molecule is O=C(NCCC1CCNC1)C1CCCN1C(=O)c1ccc2c(c1)OCO2. The maximum Gasteiger partial charge on any atom is 0.254 e. The minimum atomic E-state index is -0.380. The average molecular weight is 359 g/mol. The van der Waals surface area contributed by atoms with E-state index in [1.54, 1.807) is 23.1 Å². The molecule has 7 heteroatoms. The molecule has 0 aromatic heterocycles. The highest BCUT2D eigenvalue weighted by Gasteiger charge is 2.35. The third-order valence-corrected chi connectivity index (χ3v) is 5.45. The third kappa shape index (κ3) is 3.49. The standard InChI is InChI=1S/C19H25N3O4/c23-18(21-8-6-13-5-7-20-11-13)15-2-1-9-22(15)19(24)14-3-4-16-17(10-14)26-12-25-16/h3-4,10,13,15,20H,1-2,5-9,11-12H2,(H,21,23). The van der Waals surface area contributed by atoms with Gasteiger partial charge in [-0.15, -0.1) is 0 Å². The molecule has 2 amide bonds. The molecule has 2 N–H and O–H groups in total. The molecule has 3 heterocycles. The molecule has 3 aliphatic heterocycles. The van der Waals surface area contributed by atoms with Crippen LogP contribution < -0.4 is 20.1 Å². The molecule has 1 aromatic rings. The van der Waals surface area contributed by atoms with Crippen LogP contribution in [0.25, 0.3) is 0 Å². The molecule has 1 aromatic carbocycles. The predicted octanol–water partition coefficient (Wildman–Crippen LogP) is 1.14. The van der Waals surface area contributed by atoms with Gasteiger partial charge in [0.05, 0.1) is 0 Å². The van der Waals surface area contributed by atoms with Crippen LogP contribution in [-0.2, 0) is 4.79 Å². The van der Waals surface area contributed by atoms with Gasteiger partial charge in [-0.2, -0.15) is 0 Å². The van der Waals surface area contributed by atoms with Gasteiger partial charge in [0.2, 0.25) is 12.7 Å². The first-order valence-electron chi connectivity index (χ1n) is 9.41. The largest absolute Gasteiger partial charge is 0.454 e. The fourth-order valence-electron chi connectivity index (χ4n) is 3.96. The van der Waals surface area contributed by atoms with Gasteiger partial charge in [0.25, 0.3) is 5.91 Å². The van der Waals surface area contributed by atoms with E-state index in [9.17, 15) is 9.59 Å². The number of hydrogen-bond donors (Lipinski definition) is 2. The number of carbonyl (C=O) groups excluding carboxylic acids is 2. The Hall–Kier alpha value is -2.28. The highest BCUT2D eigenvalue weighted by atomic mass is 16.7. The fourth-order valence-corrected chi connectivity index (χ4v) is 3.96. The van der Waals surface area contributed by atoms with E-state index in [0.29, 0.717) is 42.5 Å². The number of benzene rings is 1. The number of fused-ring (bicyclic) bond motifs is 1. The van der Waals surface area contributed by atoms with Crippen molar-refractivity contribution in [1.82, 2.24) is 15.5 Å². The van der Waals surface area contributed by atoms with Crippen LogP contribution in [0.3, 0.4) is 0 Å². The van der Waals surface area contributed by atoms with Gasteiger partial charge in [-0.1, -0.05) is 0 Å². The summed E-state index contributed by atoms with van der Waals surface area (Å²) in [5, 5.41) is 6.36. The molecule has 0 radical (unpaired) electrons. The van der Waals surface area contributed by atoms with Crippen molar-refractivity contribution >= 4 is 11.8 Å². The number of likely N-dealkylation sites (tertiary alicyclic amines) is 1. The van der Waals surface area contributed by atoms with E-state index in [-0.39, 0.29) is 24.6 Å². The van der Waals surface area contributed by atoms with Crippen molar-refractivity contribution < 1.29 is 19.1 Å². The molecule has 0 bridgehead atoms. The van der Waals surface area contributed by atoms with E-state index in [2.05, 4.69) is 10.6 Å². The van der Waals surface area contributed by atoms with Crippen LogP contribution in [0.1, 0.15) is 36.0 Å². The Balaban J connectivity index is 1.36. The molecule has 4 rings (SSSR count). The van der Waals surface area contributed by atoms with Crippen LogP contribution in [-0.4, -0.2) is 55.7 Å². The highest BCUT2D eigenvalue weighted by molar-refractivity contribution is 5.98. The molecular formula is C19H25N3O4. The number of rotatable bonds is 5. The van der Waals surface area contributed by atoms with Gasteiger partial charge in [0.15, 0.2) is 11.5 Å². The molecule has 140 valence electrons. The molecule has 2 atom stereocenters. The highest BCUT2D eigenvalue weighted by Crippen LogP contribution is 2.33. The molecule has 3 aliphatic rings. The quantitative estimate of drug-likeness (QED) is 0.824. The smallest absolute Gasteiger partial charge is 0.254 e. The number of ether oxygens (including phenoxy) is 2. The summed E-state index contributed by atoms with van der Waals surface area (Å²) in [4.78, 5) is 27.2. The Morgan fingerprint density at radius 2 is 2.12 bits per heavy atom. The molecule has 26 heavy (non-hydrogen) atoms. The summed E-state index contributed by atoms with van der Waals surface area (Å²) in [7, 11) is 0. The van der Waals surface area contributed by atoms with Crippen LogP contribution in [0.5, 0.6) is 11.5 Å². The third-order valence-electron chi connectivity index (χ3n) is 5.45. The normalized spacial score (nSPS) is 24.1. The first kappa shape index (κ1) is 17.1. The van der Waals surface area contributed by atoms with Crippen LogP contribution in [0.4, 0.5) is 0 Å². The lowest BCUT2D eigenvalue weighted by atomic mass is 10.1. The zero-order chi connectivity index (χ0) is 17.9. The lowest BCUT2D eigenvalue weighted by molar-refractivity contribution is -0.124. The number of carbonyl (C=O) groups is 2. The Morgan fingerprint density at radius 1 is 1.23 bits per heavy atom. The Morgan fingerprint density at radius 3 is 2.96 bits per heavy atom. The Kier molecular flexibility index (Phi) is 4.97. The molecule has 7 nitrogen and oxygen atoms in total. The van der Waals surface area contributed by atoms with Crippen molar-refractivity contribution in [3.63, 3.8) is 0 Å². The molecule has 2 unspecified atom stereocenters. The fraction of sp³-hybridized carbons (Fsp3) is 0.579. The molecule has 0 aliphatic carbocycles. The van der Waals surface area contributed by atoms with Crippen molar-refractivity contribution in [2.45, 2.75) is 31.7 Å². The second-order valence-corrected chi connectivity index (χ2v) is 7.16. The second-order valence-electron chi connectivity index (χ2n) is 7.16. The van der Waals surface area contributed by atoms with E-state index in [4.69, 9.17) is 9.47 Å². The Bertz CT molecular complexity index is 687. The van der Waals surface area contributed by atoms with Crippen molar-refractivity contribution in [2.75, 3.05) is 33.0 Å². The topological polar surface area (TPSA) is 79.9 Å². The first-order valence-corrected chi connectivity index (χ1v) is 9.41. The second kappa shape index (κ2) is 7.53. The van der Waals surface area contributed by atoms with Gasteiger partial charge in [-0.3, -0.25) is 9.59 Å². The number of nitrogens with zero attached hydrogens (tertiary/aromatic N) is 1. The summed E-state index contributed by atoms with van der Waals surface area (Å²) < 4.78 is 10.6. The van der Waals surface area contributed by atoms with E-state index in [1.807, 2.05) is 0 Å². The average Bonchev–Trinajstić information content (AvgIpc) is 3.40. The maximum atomic E-state index is 12.9.